The van der Waals surface area contributed by atoms with E-state index in [1.807, 2.05) is 18.2 Å². The smallest absolute Gasteiger partial charge is 0.271 e. The quantitative estimate of drug-likeness (QED) is 0.720. The van der Waals surface area contributed by atoms with Crippen molar-refractivity contribution < 1.29 is 4.79 Å². The summed E-state index contributed by atoms with van der Waals surface area (Å²) >= 11 is 0. The summed E-state index contributed by atoms with van der Waals surface area (Å²) < 4.78 is 0. The molecule has 21 heavy (non-hydrogen) atoms. The van der Waals surface area contributed by atoms with E-state index in [0.29, 0.717) is 0 Å². The van der Waals surface area contributed by atoms with Crippen molar-refractivity contribution in [3.05, 3.63) is 57.8 Å². The monoisotopic (exact) mass is 284 g/mol. The first-order valence-corrected chi connectivity index (χ1v) is 6.87. The van der Waals surface area contributed by atoms with Crippen molar-refractivity contribution in [2.45, 2.75) is 25.3 Å². The molecule has 0 spiro atoms. The zero-order chi connectivity index (χ0) is 14.8. The second-order valence-electron chi connectivity index (χ2n) is 5.17. The van der Waals surface area contributed by atoms with Crippen LogP contribution in [0.1, 0.15) is 40.5 Å². The molecule has 0 saturated heterocycles. The summed E-state index contributed by atoms with van der Waals surface area (Å²) in [6.07, 6.45) is 5.28. The van der Waals surface area contributed by atoms with Gasteiger partial charge in [-0.25, -0.2) is 4.98 Å². The lowest BCUT2D eigenvalue weighted by Crippen LogP contribution is -2.32. The van der Waals surface area contributed by atoms with E-state index in [-0.39, 0.29) is 23.2 Å². The van der Waals surface area contributed by atoms with Crippen LogP contribution in [0, 0.1) is 0 Å². The highest BCUT2D eigenvalue weighted by Gasteiger charge is 2.22. The van der Waals surface area contributed by atoms with E-state index in [1.54, 1.807) is 0 Å². The number of amides is 1. The zero-order valence-corrected chi connectivity index (χ0v) is 11.4. The van der Waals surface area contributed by atoms with Crippen LogP contribution in [-0.4, -0.2) is 15.9 Å². The Morgan fingerprint density at radius 1 is 1.43 bits per heavy atom. The van der Waals surface area contributed by atoms with Gasteiger partial charge in [-0.3, -0.25) is 9.59 Å². The fraction of sp³-hybridized carbons (Fsp3) is 0.267. The molecule has 1 amide bonds. The Morgan fingerprint density at radius 2 is 2.29 bits per heavy atom. The van der Waals surface area contributed by atoms with Gasteiger partial charge in [0.05, 0.1) is 12.2 Å². The number of nitrogens with zero attached hydrogens (tertiary/aromatic N) is 1. The van der Waals surface area contributed by atoms with E-state index >= 15 is 0 Å². The molecule has 1 aliphatic carbocycles. The molecule has 0 saturated carbocycles. The molecule has 0 radical (unpaired) electrons. The van der Waals surface area contributed by atoms with Crippen LogP contribution in [0.15, 0.2) is 35.4 Å². The molecule has 3 rings (SSSR count). The number of hydrogen-bond acceptors (Lipinski definition) is 4. The molecule has 6 heteroatoms. The Labute approximate surface area is 121 Å². The number of H-pyrrole nitrogens is 1. The number of rotatable bonds is 2. The van der Waals surface area contributed by atoms with Crippen LogP contribution >= 0.6 is 0 Å². The molecule has 108 valence electrons. The molecule has 1 unspecified atom stereocenters. The molecular formula is C15H16N4O2. The molecule has 2 aromatic rings. The first kappa shape index (κ1) is 13.4. The molecule has 6 nitrogen and oxygen atoms in total. The molecular weight excluding hydrogens is 268 g/mol. The number of nitrogen functional groups attached to an aromatic ring is 1. The molecule has 0 fully saturated rings. The lowest BCUT2D eigenvalue weighted by Gasteiger charge is -2.26. The lowest BCUT2D eigenvalue weighted by molar-refractivity contribution is 0.0927. The Bertz CT molecular complexity index is 718. The predicted octanol–water partition coefficient (Wildman–Crippen LogP) is 1.16. The van der Waals surface area contributed by atoms with Crippen molar-refractivity contribution in [3.8, 4) is 0 Å². The number of fused-ring (bicyclic) bond motifs is 1. The average molecular weight is 284 g/mol. The van der Waals surface area contributed by atoms with Crippen molar-refractivity contribution >= 4 is 11.6 Å². The summed E-state index contributed by atoms with van der Waals surface area (Å²) in [7, 11) is 0. The van der Waals surface area contributed by atoms with E-state index in [2.05, 4.69) is 15.3 Å². The second-order valence-corrected chi connectivity index (χ2v) is 5.17. The van der Waals surface area contributed by atoms with E-state index in [1.165, 1.54) is 11.8 Å². The standard InChI is InChI=1S/C15H16N4O2/c16-10-4-5-11-9(6-10)2-1-3-12(11)19-15(21)13-7-18-14(20)8-17-13/h4-8,12H,1-3,16H2,(H,18,20)(H,19,21). The first-order valence-electron chi connectivity index (χ1n) is 6.87. The minimum atomic E-state index is -0.329. The number of carbonyl (C=O) groups excluding carboxylic acids is 1. The molecule has 0 bridgehead atoms. The summed E-state index contributed by atoms with van der Waals surface area (Å²) in [5.41, 5.74) is 8.70. The minimum Gasteiger partial charge on any atom is -0.399 e. The van der Waals surface area contributed by atoms with Gasteiger partial charge in [0, 0.05) is 11.9 Å². The van der Waals surface area contributed by atoms with Crippen molar-refractivity contribution in [1.82, 2.24) is 15.3 Å². The molecule has 0 aliphatic heterocycles. The van der Waals surface area contributed by atoms with Crippen LogP contribution in [0.3, 0.4) is 0 Å². The lowest BCUT2D eigenvalue weighted by atomic mass is 9.87. The number of nitrogens with two attached hydrogens (primary N) is 1. The Hall–Kier alpha value is -2.63. The highest BCUT2D eigenvalue weighted by Crippen LogP contribution is 2.31. The predicted molar refractivity (Wildman–Crippen MR) is 78.9 cm³/mol. The van der Waals surface area contributed by atoms with Gasteiger partial charge in [0.15, 0.2) is 0 Å². The molecule has 1 heterocycles. The maximum Gasteiger partial charge on any atom is 0.271 e. The Balaban J connectivity index is 1.81. The minimum absolute atomic E-state index is 0.0458. The molecule has 1 aliphatic rings. The van der Waals surface area contributed by atoms with Gasteiger partial charge in [-0.1, -0.05) is 6.07 Å². The number of benzene rings is 1. The van der Waals surface area contributed by atoms with Crippen LogP contribution in [-0.2, 0) is 6.42 Å². The average Bonchev–Trinajstić information content (AvgIpc) is 2.47. The summed E-state index contributed by atoms with van der Waals surface area (Å²) in [4.78, 5) is 29.4. The van der Waals surface area contributed by atoms with Gasteiger partial charge in [-0.05, 0) is 42.5 Å². The summed E-state index contributed by atoms with van der Waals surface area (Å²) in [5, 5.41) is 2.97. The van der Waals surface area contributed by atoms with Gasteiger partial charge in [0.25, 0.3) is 11.5 Å². The number of anilines is 1. The van der Waals surface area contributed by atoms with Crippen molar-refractivity contribution in [2.75, 3.05) is 5.73 Å². The van der Waals surface area contributed by atoms with Gasteiger partial charge < -0.3 is 16.0 Å². The normalized spacial score (nSPS) is 17.0. The van der Waals surface area contributed by atoms with Crippen LogP contribution in [0.5, 0.6) is 0 Å². The first-order chi connectivity index (χ1) is 10.1. The summed E-state index contributed by atoms with van der Waals surface area (Å²) in [6, 6.07) is 5.73. The summed E-state index contributed by atoms with van der Waals surface area (Å²) in [6.45, 7) is 0. The fourth-order valence-corrected chi connectivity index (χ4v) is 2.68. The van der Waals surface area contributed by atoms with Crippen molar-refractivity contribution in [2.24, 2.45) is 0 Å². The number of aromatic amines is 1. The van der Waals surface area contributed by atoms with Crippen molar-refractivity contribution in [1.29, 1.82) is 0 Å². The van der Waals surface area contributed by atoms with Gasteiger partial charge in [0.1, 0.15) is 5.69 Å². The Morgan fingerprint density at radius 3 is 3.05 bits per heavy atom. The van der Waals surface area contributed by atoms with Crippen LogP contribution < -0.4 is 16.6 Å². The van der Waals surface area contributed by atoms with Crippen molar-refractivity contribution in [3.63, 3.8) is 0 Å². The maximum atomic E-state index is 12.2. The van der Waals surface area contributed by atoms with Gasteiger partial charge in [0.2, 0.25) is 0 Å². The van der Waals surface area contributed by atoms with E-state index < -0.39 is 0 Å². The Kier molecular flexibility index (Phi) is 3.43. The van der Waals surface area contributed by atoms with Gasteiger partial charge in [-0.2, -0.15) is 0 Å². The topological polar surface area (TPSA) is 101 Å². The zero-order valence-electron chi connectivity index (χ0n) is 11.4. The fourth-order valence-electron chi connectivity index (χ4n) is 2.68. The highest BCUT2D eigenvalue weighted by atomic mass is 16.2. The number of aryl methyl sites for hydroxylation is 1. The number of carbonyl (C=O) groups is 1. The van der Waals surface area contributed by atoms with Crippen LogP contribution in [0.2, 0.25) is 0 Å². The summed E-state index contributed by atoms with van der Waals surface area (Å²) in [5.74, 6) is -0.291. The maximum absolute atomic E-state index is 12.2. The number of hydrogen-bond donors (Lipinski definition) is 3. The second kappa shape index (κ2) is 5.40. The largest absolute Gasteiger partial charge is 0.399 e. The van der Waals surface area contributed by atoms with E-state index in [0.717, 1.165) is 36.7 Å². The van der Waals surface area contributed by atoms with Gasteiger partial charge >= 0.3 is 0 Å². The molecule has 1 aromatic heterocycles. The van der Waals surface area contributed by atoms with Crippen LogP contribution in [0.25, 0.3) is 0 Å². The highest BCUT2D eigenvalue weighted by molar-refractivity contribution is 5.92. The third-order valence-electron chi connectivity index (χ3n) is 3.69. The van der Waals surface area contributed by atoms with Gasteiger partial charge in [-0.15, -0.1) is 0 Å². The number of nitrogens with one attached hydrogen (secondary N) is 2. The van der Waals surface area contributed by atoms with E-state index in [4.69, 9.17) is 5.73 Å². The SMILES string of the molecule is Nc1ccc2c(c1)CCCC2NC(=O)c1c[nH]c(=O)cn1. The third-order valence-corrected chi connectivity index (χ3v) is 3.69. The third kappa shape index (κ3) is 2.79. The van der Waals surface area contributed by atoms with E-state index in [9.17, 15) is 9.59 Å². The molecule has 1 atom stereocenters. The molecule has 4 N–H and O–H groups in total. The molecule has 1 aromatic carbocycles. The van der Waals surface area contributed by atoms with Crippen LogP contribution in [0.4, 0.5) is 5.69 Å². The number of aromatic nitrogens is 2.